The van der Waals surface area contributed by atoms with Crippen molar-refractivity contribution in [3.63, 3.8) is 0 Å². The number of hydrogen-bond donors (Lipinski definition) is 0. The third-order valence-electron chi connectivity index (χ3n) is 12.0. The summed E-state index contributed by atoms with van der Waals surface area (Å²) in [6.07, 6.45) is 42.3. The lowest BCUT2D eigenvalue weighted by molar-refractivity contribution is -0.167. The third-order valence-corrected chi connectivity index (χ3v) is 12.0. The molecule has 0 aliphatic heterocycles. The lowest BCUT2D eigenvalue weighted by Gasteiger charge is -2.18. The molecule has 0 saturated carbocycles. The Morgan fingerprint density at radius 1 is 0.345 bits per heavy atom. The Balaban J connectivity index is 4.33. The third kappa shape index (κ3) is 44.0. The fourth-order valence-electron chi connectivity index (χ4n) is 7.73. The van der Waals surface area contributed by atoms with E-state index in [0.29, 0.717) is 19.3 Å². The number of carbonyl (C=O) groups excluding carboxylic acids is 3. The van der Waals surface area contributed by atoms with Crippen molar-refractivity contribution in [1.82, 2.24) is 0 Å². The minimum absolute atomic E-state index is 0.0652. The van der Waals surface area contributed by atoms with E-state index in [1.165, 1.54) is 161 Å². The van der Waals surface area contributed by atoms with E-state index in [0.717, 1.165) is 75.5 Å². The highest BCUT2D eigenvalue weighted by Gasteiger charge is 2.19. The van der Waals surface area contributed by atoms with Crippen molar-refractivity contribution < 1.29 is 28.6 Å². The van der Waals surface area contributed by atoms with Crippen molar-refractivity contribution in [2.24, 2.45) is 17.8 Å². The van der Waals surface area contributed by atoms with Gasteiger partial charge in [-0.25, -0.2) is 0 Å². The second kappa shape index (κ2) is 43.5. The Hall–Kier alpha value is -1.59. The van der Waals surface area contributed by atoms with Gasteiger partial charge in [-0.3, -0.25) is 14.4 Å². The summed E-state index contributed by atoms with van der Waals surface area (Å²) in [6, 6.07) is 0. The van der Waals surface area contributed by atoms with Gasteiger partial charge in [-0.2, -0.15) is 0 Å². The summed E-state index contributed by atoms with van der Waals surface area (Å²) >= 11 is 0. The van der Waals surface area contributed by atoms with Gasteiger partial charge >= 0.3 is 17.9 Å². The first-order valence-corrected chi connectivity index (χ1v) is 25.6. The zero-order valence-corrected chi connectivity index (χ0v) is 39.8. The lowest BCUT2D eigenvalue weighted by atomic mass is 9.99. The van der Waals surface area contributed by atoms with Crippen LogP contribution >= 0.6 is 0 Å². The molecule has 0 bridgehead atoms. The second-order valence-corrected chi connectivity index (χ2v) is 19.0. The van der Waals surface area contributed by atoms with Gasteiger partial charge in [0.1, 0.15) is 13.2 Å². The van der Waals surface area contributed by atoms with E-state index in [4.69, 9.17) is 14.2 Å². The van der Waals surface area contributed by atoms with Crippen LogP contribution in [0.25, 0.3) is 0 Å². The van der Waals surface area contributed by atoms with Crippen molar-refractivity contribution >= 4 is 17.9 Å². The molecule has 0 fully saturated rings. The van der Waals surface area contributed by atoms with Gasteiger partial charge in [-0.05, 0) is 37.0 Å². The van der Waals surface area contributed by atoms with Gasteiger partial charge < -0.3 is 14.2 Å². The minimum atomic E-state index is -0.763. The predicted octanol–water partition coefficient (Wildman–Crippen LogP) is 16.4. The average Bonchev–Trinajstić information content (AvgIpc) is 3.19. The van der Waals surface area contributed by atoms with Crippen molar-refractivity contribution in [2.45, 2.75) is 285 Å². The van der Waals surface area contributed by atoms with Crippen LogP contribution in [0.5, 0.6) is 0 Å². The zero-order chi connectivity index (χ0) is 42.7. The Labute approximate surface area is 361 Å². The average molecular weight is 821 g/mol. The number of rotatable bonds is 45. The van der Waals surface area contributed by atoms with E-state index in [2.05, 4.69) is 41.5 Å². The molecule has 344 valence electrons. The van der Waals surface area contributed by atoms with E-state index in [-0.39, 0.29) is 31.1 Å². The maximum Gasteiger partial charge on any atom is 0.306 e. The van der Waals surface area contributed by atoms with E-state index >= 15 is 0 Å². The number of unbranched alkanes of at least 4 members (excludes halogenated alkanes) is 27. The van der Waals surface area contributed by atoms with Crippen LogP contribution in [0, 0.1) is 17.8 Å². The van der Waals surface area contributed by atoms with Gasteiger partial charge in [0.05, 0.1) is 0 Å². The van der Waals surface area contributed by atoms with Gasteiger partial charge in [-0.1, -0.05) is 241 Å². The van der Waals surface area contributed by atoms with Crippen molar-refractivity contribution in [1.29, 1.82) is 0 Å². The molecule has 0 radical (unpaired) electrons. The van der Waals surface area contributed by atoms with E-state index in [1.807, 2.05) is 0 Å². The summed E-state index contributed by atoms with van der Waals surface area (Å²) in [5, 5.41) is 0. The first-order chi connectivity index (χ1) is 28.1. The van der Waals surface area contributed by atoms with Gasteiger partial charge in [0, 0.05) is 19.3 Å². The SMILES string of the molecule is CCC(C)CCCCCCCCCCCCC(=O)OC[C@H](COC(=O)CCCCCCCCCCC(C)C)OC(=O)CCCCCCCCCCCCCCC(C)C. The molecule has 6 heteroatoms. The van der Waals surface area contributed by atoms with Gasteiger partial charge in [0.25, 0.3) is 0 Å². The topological polar surface area (TPSA) is 78.9 Å². The number of esters is 3. The summed E-state index contributed by atoms with van der Waals surface area (Å²) in [6.45, 7) is 13.7. The molecular weight excluding hydrogens is 721 g/mol. The summed E-state index contributed by atoms with van der Waals surface area (Å²) in [7, 11) is 0. The summed E-state index contributed by atoms with van der Waals surface area (Å²) in [4.78, 5) is 37.9. The fraction of sp³-hybridized carbons (Fsp3) is 0.942. The number of carbonyl (C=O) groups is 3. The zero-order valence-electron chi connectivity index (χ0n) is 39.8. The molecule has 0 rings (SSSR count). The van der Waals surface area contributed by atoms with Crippen LogP contribution in [0.4, 0.5) is 0 Å². The molecular formula is C52H100O6. The van der Waals surface area contributed by atoms with E-state index in [1.54, 1.807) is 0 Å². The van der Waals surface area contributed by atoms with Crippen LogP contribution in [-0.4, -0.2) is 37.2 Å². The second-order valence-electron chi connectivity index (χ2n) is 19.0. The molecule has 0 aliphatic rings. The Morgan fingerprint density at radius 3 is 0.897 bits per heavy atom. The standard InChI is InChI=1S/C52H100O6/c1-7-48(6)40-34-28-22-15-12-13-16-23-29-35-41-50(53)56-44-49(45-57-51(54)42-36-30-24-19-18-21-27-33-39-47(4)5)58-52(55)43-37-31-25-17-11-9-8-10-14-20-26-32-38-46(2)3/h46-49H,7-45H2,1-6H3/t48?,49-/m1/s1. The van der Waals surface area contributed by atoms with Crippen LogP contribution in [-0.2, 0) is 28.6 Å². The maximum atomic E-state index is 12.8. The minimum Gasteiger partial charge on any atom is -0.462 e. The molecule has 0 saturated heterocycles. The Kier molecular flexibility index (Phi) is 42.3. The molecule has 0 aromatic heterocycles. The molecule has 0 aromatic rings. The molecule has 0 amide bonds. The lowest BCUT2D eigenvalue weighted by Crippen LogP contribution is -2.30. The predicted molar refractivity (Wildman–Crippen MR) is 247 cm³/mol. The molecule has 0 spiro atoms. The highest BCUT2D eigenvalue weighted by atomic mass is 16.6. The first kappa shape index (κ1) is 56.4. The van der Waals surface area contributed by atoms with E-state index < -0.39 is 6.10 Å². The molecule has 0 N–H and O–H groups in total. The smallest absolute Gasteiger partial charge is 0.306 e. The Morgan fingerprint density at radius 2 is 0.603 bits per heavy atom. The molecule has 2 atom stereocenters. The van der Waals surface area contributed by atoms with Crippen LogP contribution < -0.4 is 0 Å². The van der Waals surface area contributed by atoms with Crippen LogP contribution in [0.3, 0.4) is 0 Å². The summed E-state index contributed by atoms with van der Waals surface area (Å²) in [5.41, 5.74) is 0. The monoisotopic (exact) mass is 821 g/mol. The van der Waals surface area contributed by atoms with Crippen molar-refractivity contribution in [2.75, 3.05) is 13.2 Å². The Bertz CT molecular complexity index is 900. The molecule has 58 heavy (non-hydrogen) atoms. The molecule has 0 aliphatic carbocycles. The van der Waals surface area contributed by atoms with Crippen LogP contribution in [0.15, 0.2) is 0 Å². The fourth-order valence-corrected chi connectivity index (χ4v) is 7.73. The van der Waals surface area contributed by atoms with Crippen LogP contribution in [0.2, 0.25) is 0 Å². The quantitative estimate of drug-likeness (QED) is 0.0346. The van der Waals surface area contributed by atoms with Crippen molar-refractivity contribution in [3.05, 3.63) is 0 Å². The molecule has 0 heterocycles. The molecule has 1 unspecified atom stereocenters. The van der Waals surface area contributed by atoms with Gasteiger partial charge in [0.2, 0.25) is 0 Å². The summed E-state index contributed by atoms with van der Waals surface area (Å²) < 4.78 is 16.8. The first-order valence-electron chi connectivity index (χ1n) is 25.6. The maximum absolute atomic E-state index is 12.8. The molecule has 6 nitrogen and oxygen atoms in total. The highest BCUT2D eigenvalue weighted by molar-refractivity contribution is 5.71. The van der Waals surface area contributed by atoms with Gasteiger partial charge in [-0.15, -0.1) is 0 Å². The highest BCUT2D eigenvalue weighted by Crippen LogP contribution is 2.18. The summed E-state index contributed by atoms with van der Waals surface area (Å²) in [5.74, 6) is 1.64. The largest absolute Gasteiger partial charge is 0.462 e. The van der Waals surface area contributed by atoms with Gasteiger partial charge in [0.15, 0.2) is 6.10 Å². The number of ether oxygens (including phenoxy) is 3. The van der Waals surface area contributed by atoms with Crippen LogP contribution in [0.1, 0.15) is 279 Å². The normalized spacial score (nSPS) is 12.6. The molecule has 0 aromatic carbocycles. The van der Waals surface area contributed by atoms with E-state index in [9.17, 15) is 14.4 Å². The van der Waals surface area contributed by atoms with Crippen molar-refractivity contribution in [3.8, 4) is 0 Å². The number of hydrogen-bond acceptors (Lipinski definition) is 6.